The number of ether oxygens (including phenoxy) is 1. The van der Waals surface area contributed by atoms with Crippen LogP contribution in [-0.4, -0.2) is 53.7 Å². The van der Waals surface area contributed by atoms with Gasteiger partial charge in [-0.05, 0) is 25.1 Å². The van der Waals surface area contributed by atoms with Gasteiger partial charge in [0.05, 0.1) is 12.2 Å². The highest BCUT2D eigenvalue weighted by molar-refractivity contribution is 5.94. The molecule has 1 amide bonds. The van der Waals surface area contributed by atoms with Crippen molar-refractivity contribution in [2.75, 3.05) is 26.2 Å². The van der Waals surface area contributed by atoms with Crippen LogP contribution in [0.25, 0.3) is 0 Å². The summed E-state index contributed by atoms with van der Waals surface area (Å²) in [6.45, 7) is 2.15. The summed E-state index contributed by atoms with van der Waals surface area (Å²) in [5.74, 6) is 0.601. The van der Waals surface area contributed by atoms with E-state index in [0.717, 1.165) is 11.5 Å². The molecule has 1 fully saturated rings. The number of hydrogen-bond acceptors (Lipinski definition) is 5. The fraction of sp³-hybridized carbons (Fsp3) is 0.412. The van der Waals surface area contributed by atoms with E-state index in [1.54, 1.807) is 11.0 Å². The number of amides is 1. The van der Waals surface area contributed by atoms with Crippen molar-refractivity contribution in [1.29, 1.82) is 0 Å². The fourth-order valence-electron chi connectivity index (χ4n) is 2.81. The third kappa shape index (κ3) is 4.54. The molecule has 1 saturated heterocycles. The zero-order valence-corrected chi connectivity index (χ0v) is 13.8. The Morgan fingerprint density at radius 2 is 2.04 bits per heavy atom. The highest BCUT2D eigenvalue weighted by atomic mass is 19.3. The normalized spacial score (nSPS) is 15.6. The molecule has 2 heterocycles. The summed E-state index contributed by atoms with van der Waals surface area (Å²) in [6.07, 6.45) is 0. The molecule has 0 N–H and O–H groups in total. The lowest BCUT2D eigenvalue weighted by Gasteiger charge is -2.34. The lowest BCUT2D eigenvalue weighted by Crippen LogP contribution is -2.48. The molecule has 25 heavy (non-hydrogen) atoms. The first-order valence-electron chi connectivity index (χ1n) is 8.00. The fourth-order valence-corrected chi connectivity index (χ4v) is 2.81. The Kier molecular flexibility index (Phi) is 5.28. The van der Waals surface area contributed by atoms with Crippen LogP contribution in [0.2, 0.25) is 0 Å². The Labute approximate surface area is 143 Å². The zero-order chi connectivity index (χ0) is 17.8. The number of nitrogens with zero attached hydrogens (tertiary/aromatic N) is 3. The largest absolute Gasteiger partial charge is 0.435 e. The van der Waals surface area contributed by atoms with E-state index in [9.17, 15) is 13.6 Å². The summed E-state index contributed by atoms with van der Waals surface area (Å²) < 4.78 is 34.1. The van der Waals surface area contributed by atoms with Gasteiger partial charge in [-0.3, -0.25) is 9.69 Å². The number of hydrogen-bond donors (Lipinski definition) is 0. The van der Waals surface area contributed by atoms with Crippen molar-refractivity contribution in [2.24, 2.45) is 0 Å². The summed E-state index contributed by atoms with van der Waals surface area (Å²) >= 11 is 0. The van der Waals surface area contributed by atoms with Crippen molar-refractivity contribution >= 4 is 5.91 Å². The van der Waals surface area contributed by atoms with Crippen LogP contribution in [0, 0.1) is 6.92 Å². The van der Waals surface area contributed by atoms with Gasteiger partial charge in [-0.25, -0.2) is 0 Å². The minimum Gasteiger partial charge on any atom is -0.435 e. The molecule has 0 bridgehead atoms. The lowest BCUT2D eigenvalue weighted by molar-refractivity contribution is -0.0499. The number of benzene rings is 1. The topological polar surface area (TPSA) is 58.8 Å². The Morgan fingerprint density at radius 1 is 1.28 bits per heavy atom. The summed E-state index contributed by atoms with van der Waals surface area (Å²) in [6, 6.07) is 7.78. The van der Waals surface area contributed by atoms with Gasteiger partial charge in [0.25, 0.3) is 5.91 Å². The molecule has 1 aliphatic heterocycles. The maximum atomic E-state index is 12.5. The van der Waals surface area contributed by atoms with Crippen molar-refractivity contribution < 1.29 is 22.8 Å². The van der Waals surface area contributed by atoms with Crippen LogP contribution in [0.5, 0.6) is 5.75 Å². The first-order valence-corrected chi connectivity index (χ1v) is 8.00. The molecule has 1 aromatic heterocycles. The minimum absolute atomic E-state index is 0.0137. The van der Waals surface area contributed by atoms with Gasteiger partial charge in [0, 0.05) is 37.8 Å². The second kappa shape index (κ2) is 7.60. The van der Waals surface area contributed by atoms with Gasteiger partial charge in [0.2, 0.25) is 0 Å². The SMILES string of the molecule is Cc1cc(CN2CCN(C(=O)c3cccc(OC(F)F)c3)CC2)on1. The van der Waals surface area contributed by atoms with Crippen LogP contribution in [0.3, 0.4) is 0 Å². The molecule has 0 spiro atoms. The van der Waals surface area contributed by atoms with Crippen molar-refractivity contribution in [3.63, 3.8) is 0 Å². The molecular weight excluding hydrogens is 332 g/mol. The number of carbonyl (C=O) groups excluding carboxylic acids is 1. The van der Waals surface area contributed by atoms with E-state index in [0.29, 0.717) is 38.3 Å². The van der Waals surface area contributed by atoms with Crippen molar-refractivity contribution in [2.45, 2.75) is 20.1 Å². The maximum Gasteiger partial charge on any atom is 0.387 e. The van der Waals surface area contributed by atoms with E-state index >= 15 is 0 Å². The van der Waals surface area contributed by atoms with E-state index in [1.807, 2.05) is 13.0 Å². The Balaban J connectivity index is 1.56. The Bertz CT molecular complexity index is 727. The van der Waals surface area contributed by atoms with E-state index in [1.165, 1.54) is 18.2 Å². The number of aryl methyl sites for hydroxylation is 1. The lowest BCUT2D eigenvalue weighted by atomic mass is 10.1. The number of rotatable bonds is 5. The summed E-state index contributed by atoms with van der Waals surface area (Å²) in [5.41, 5.74) is 1.19. The number of aromatic nitrogens is 1. The molecule has 8 heteroatoms. The predicted molar refractivity (Wildman–Crippen MR) is 85.5 cm³/mol. The summed E-state index contributed by atoms with van der Waals surface area (Å²) in [5, 5.41) is 3.86. The second-order valence-corrected chi connectivity index (χ2v) is 5.91. The van der Waals surface area contributed by atoms with Gasteiger partial charge in [0.1, 0.15) is 5.75 Å². The number of carbonyl (C=O) groups is 1. The average Bonchev–Trinajstić information content (AvgIpc) is 2.99. The summed E-state index contributed by atoms with van der Waals surface area (Å²) in [4.78, 5) is 16.4. The molecular formula is C17H19F2N3O3. The molecule has 2 aromatic rings. The van der Waals surface area contributed by atoms with Gasteiger partial charge in [0.15, 0.2) is 5.76 Å². The molecule has 1 aliphatic rings. The molecule has 3 rings (SSSR count). The molecule has 0 radical (unpaired) electrons. The van der Waals surface area contributed by atoms with E-state index < -0.39 is 6.61 Å². The molecule has 134 valence electrons. The predicted octanol–water partition coefficient (Wildman–Crippen LogP) is 2.54. The standard InChI is InChI=1S/C17H19F2N3O3/c1-12-9-15(25-20-12)11-21-5-7-22(8-6-21)16(23)13-3-2-4-14(10-13)24-17(18)19/h2-4,9-10,17H,5-8,11H2,1H3. The molecule has 0 saturated carbocycles. The quantitative estimate of drug-likeness (QED) is 0.829. The van der Waals surface area contributed by atoms with Crippen LogP contribution >= 0.6 is 0 Å². The monoisotopic (exact) mass is 351 g/mol. The molecule has 0 aliphatic carbocycles. The highest BCUT2D eigenvalue weighted by Crippen LogP contribution is 2.18. The Morgan fingerprint density at radius 3 is 2.68 bits per heavy atom. The van der Waals surface area contributed by atoms with E-state index in [2.05, 4.69) is 14.8 Å². The van der Waals surface area contributed by atoms with Crippen LogP contribution in [0.4, 0.5) is 8.78 Å². The van der Waals surface area contributed by atoms with E-state index in [-0.39, 0.29) is 11.7 Å². The smallest absolute Gasteiger partial charge is 0.387 e. The molecule has 0 atom stereocenters. The average molecular weight is 351 g/mol. The third-order valence-corrected chi connectivity index (χ3v) is 4.02. The van der Waals surface area contributed by atoms with Gasteiger partial charge in [-0.15, -0.1) is 0 Å². The zero-order valence-electron chi connectivity index (χ0n) is 13.8. The molecule has 6 nitrogen and oxygen atoms in total. The van der Waals surface area contributed by atoms with Gasteiger partial charge in [-0.1, -0.05) is 11.2 Å². The van der Waals surface area contributed by atoms with Crippen molar-refractivity contribution in [3.8, 4) is 5.75 Å². The molecule has 1 aromatic carbocycles. The first-order chi connectivity index (χ1) is 12.0. The van der Waals surface area contributed by atoms with Gasteiger partial charge in [-0.2, -0.15) is 8.78 Å². The van der Waals surface area contributed by atoms with Crippen LogP contribution < -0.4 is 4.74 Å². The second-order valence-electron chi connectivity index (χ2n) is 5.91. The highest BCUT2D eigenvalue weighted by Gasteiger charge is 2.23. The maximum absolute atomic E-state index is 12.5. The van der Waals surface area contributed by atoms with Gasteiger partial charge >= 0.3 is 6.61 Å². The van der Waals surface area contributed by atoms with Gasteiger partial charge < -0.3 is 14.2 Å². The van der Waals surface area contributed by atoms with E-state index in [4.69, 9.17) is 4.52 Å². The third-order valence-electron chi connectivity index (χ3n) is 4.02. The van der Waals surface area contributed by atoms with Crippen LogP contribution in [0.15, 0.2) is 34.9 Å². The van der Waals surface area contributed by atoms with Crippen LogP contribution in [0.1, 0.15) is 21.8 Å². The Hall–Kier alpha value is -2.48. The number of alkyl halides is 2. The molecule has 0 unspecified atom stereocenters. The van der Waals surface area contributed by atoms with Crippen molar-refractivity contribution in [3.05, 3.63) is 47.3 Å². The number of piperazine rings is 1. The van der Waals surface area contributed by atoms with Crippen molar-refractivity contribution in [1.82, 2.24) is 15.0 Å². The number of halogens is 2. The first kappa shape index (κ1) is 17.3. The minimum atomic E-state index is -2.91. The summed E-state index contributed by atoms with van der Waals surface area (Å²) in [7, 11) is 0. The van der Waals surface area contributed by atoms with Crippen LogP contribution in [-0.2, 0) is 6.54 Å².